The number of benzene rings is 2. The van der Waals surface area contributed by atoms with E-state index in [0.717, 1.165) is 21.0 Å². The molecule has 2 aromatic carbocycles. The summed E-state index contributed by atoms with van der Waals surface area (Å²) in [6, 6.07) is 15.8. The highest BCUT2D eigenvalue weighted by Gasteiger charge is 1.89. The molecule has 2 aromatic rings. The molecule has 2 heteroatoms. The van der Waals surface area contributed by atoms with Gasteiger partial charge in [-0.15, -0.1) is 12.6 Å². The zero-order chi connectivity index (χ0) is 11.4. The molecule has 0 bridgehead atoms. The molecule has 0 fully saturated rings. The molecule has 0 spiro atoms. The smallest absolute Gasteiger partial charge is 0.0406 e. The summed E-state index contributed by atoms with van der Waals surface area (Å²) in [5, 5.41) is 0.761. The van der Waals surface area contributed by atoms with Gasteiger partial charge in [-0.05, 0) is 35.4 Å². The summed E-state index contributed by atoms with van der Waals surface area (Å²) in [6.45, 7) is 0. The highest BCUT2D eigenvalue weighted by Crippen LogP contribution is 2.13. The molecule has 0 radical (unpaired) electrons. The molecule has 0 aliphatic heterocycles. The molecule has 0 saturated heterocycles. The molecule has 0 unspecified atom stereocenters. The minimum atomic E-state index is 0.761. The van der Waals surface area contributed by atoms with Crippen LogP contribution >= 0.6 is 24.2 Å². The van der Waals surface area contributed by atoms with E-state index in [2.05, 4.69) is 24.8 Å². The Labute approximate surface area is 106 Å². The lowest BCUT2D eigenvalue weighted by molar-refractivity contribution is 1.46. The Bertz CT molecular complexity index is 436. The Morgan fingerprint density at radius 2 is 1.19 bits per heavy atom. The lowest BCUT2D eigenvalue weighted by Gasteiger charge is -1.95. The predicted octanol–water partition coefficient (Wildman–Crippen LogP) is 4.80. The van der Waals surface area contributed by atoms with Crippen molar-refractivity contribution in [2.24, 2.45) is 0 Å². The molecule has 0 aliphatic carbocycles. The topological polar surface area (TPSA) is 0 Å². The largest absolute Gasteiger partial charge is 0.143 e. The summed E-state index contributed by atoms with van der Waals surface area (Å²) in [5.74, 6) is 0. The molecule has 2 rings (SSSR count). The first-order valence-electron chi connectivity index (χ1n) is 4.97. The Hall–Kier alpha value is -1.18. The summed E-state index contributed by atoms with van der Waals surface area (Å²) in [4.78, 5) is 0.976. The monoisotopic (exact) mass is 246 g/mol. The first kappa shape index (κ1) is 11.3. The van der Waals surface area contributed by atoms with Crippen molar-refractivity contribution in [2.45, 2.75) is 4.90 Å². The van der Waals surface area contributed by atoms with Gasteiger partial charge in [-0.1, -0.05) is 48.0 Å². The summed E-state index contributed by atoms with van der Waals surface area (Å²) >= 11 is 10.1. The van der Waals surface area contributed by atoms with E-state index in [4.69, 9.17) is 11.6 Å². The standard InChI is InChI=1S/C14H11ClS/c15-13-7-3-11(4-8-13)1-2-12-5-9-14(16)10-6-12/h1-10,16H/b2-1+. The molecule has 16 heavy (non-hydrogen) atoms. The van der Waals surface area contributed by atoms with Crippen molar-refractivity contribution in [3.05, 3.63) is 64.7 Å². The number of hydrogen-bond acceptors (Lipinski definition) is 1. The van der Waals surface area contributed by atoms with Crippen LogP contribution < -0.4 is 0 Å². The summed E-state index contributed by atoms with van der Waals surface area (Å²) in [6.07, 6.45) is 4.13. The number of thiol groups is 1. The van der Waals surface area contributed by atoms with Gasteiger partial charge in [-0.2, -0.15) is 0 Å². The second-order valence-corrected chi connectivity index (χ2v) is 4.43. The second kappa shape index (κ2) is 5.24. The zero-order valence-corrected chi connectivity index (χ0v) is 10.2. The van der Waals surface area contributed by atoms with E-state index in [-0.39, 0.29) is 0 Å². The van der Waals surface area contributed by atoms with E-state index in [1.54, 1.807) is 0 Å². The molecular formula is C14H11ClS. The minimum absolute atomic E-state index is 0.761. The Morgan fingerprint density at radius 3 is 1.69 bits per heavy atom. The van der Waals surface area contributed by atoms with Crippen LogP contribution in [0.1, 0.15) is 11.1 Å². The number of hydrogen-bond donors (Lipinski definition) is 1. The molecule has 0 aromatic heterocycles. The third-order valence-corrected chi connectivity index (χ3v) is 2.78. The predicted molar refractivity (Wildman–Crippen MR) is 74.1 cm³/mol. The van der Waals surface area contributed by atoms with Crippen molar-refractivity contribution >= 4 is 36.4 Å². The van der Waals surface area contributed by atoms with Crippen LogP contribution in [-0.4, -0.2) is 0 Å². The lowest BCUT2D eigenvalue weighted by atomic mass is 10.1. The maximum Gasteiger partial charge on any atom is 0.0406 e. The van der Waals surface area contributed by atoms with Gasteiger partial charge >= 0.3 is 0 Å². The van der Waals surface area contributed by atoms with E-state index in [1.807, 2.05) is 48.5 Å². The quantitative estimate of drug-likeness (QED) is 0.571. The number of rotatable bonds is 2. The molecule has 80 valence electrons. The van der Waals surface area contributed by atoms with Crippen LogP contribution in [0.25, 0.3) is 12.2 Å². The van der Waals surface area contributed by atoms with E-state index in [9.17, 15) is 0 Å². The maximum atomic E-state index is 5.81. The Balaban J connectivity index is 2.15. The van der Waals surface area contributed by atoms with Crippen LogP contribution in [0.5, 0.6) is 0 Å². The van der Waals surface area contributed by atoms with Gasteiger partial charge in [0.2, 0.25) is 0 Å². The van der Waals surface area contributed by atoms with Crippen molar-refractivity contribution in [1.29, 1.82) is 0 Å². The number of halogens is 1. The fraction of sp³-hybridized carbons (Fsp3) is 0. The van der Waals surface area contributed by atoms with Crippen molar-refractivity contribution in [3.63, 3.8) is 0 Å². The first-order chi connectivity index (χ1) is 7.74. The van der Waals surface area contributed by atoms with Gasteiger partial charge in [0, 0.05) is 9.92 Å². The maximum absolute atomic E-state index is 5.81. The van der Waals surface area contributed by atoms with E-state index in [1.165, 1.54) is 0 Å². The van der Waals surface area contributed by atoms with Crippen molar-refractivity contribution in [2.75, 3.05) is 0 Å². The molecule has 0 N–H and O–H groups in total. The van der Waals surface area contributed by atoms with Crippen LogP contribution in [-0.2, 0) is 0 Å². The highest BCUT2D eigenvalue weighted by molar-refractivity contribution is 7.80. The summed E-state index contributed by atoms with van der Waals surface area (Å²) in [5.41, 5.74) is 2.30. The van der Waals surface area contributed by atoms with Crippen molar-refractivity contribution < 1.29 is 0 Å². The summed E-state index contributed by atoms with van der Waals surface area (Å²) < 4.78 is 0. The normalized spacial score (nSPS) is 10.9. The molecule has 0 heterocycles. The van der Waals surface area contributed by atoms with Crippen LogP contribution in [0.3, 0.4) is 0 Å². The molecule has 0 nitrogen and oxygen atoms in total. The van der Waals surface area contributed by atoms with Gasteiger partial charge in [0.25, 0.3) is 0 Å². The fourth-order valence-corrected chi connectivity index (χ4v) is 1.63. The van der Waals surface area contributed by atoms with Crippen molar-refractivity contribution in [1.82, 2.24) is 0 Å². The highest BCUT2D eigenvalue weighted by atomic mass is 35.5. The SMILES string of the molecule is Sc1ccc(/C=C/c2ccc(Cl)cc2)cc1. The van der Waals surface area contributed by atoms with Crippen LogP contribution in [0.15, 0.2) is 53.4 Å². The van der Waals surface area contributed by atoms with E-state index < -0.39 is 0 Å². The Morgan fingerprint density at radius 1 is 0.750 bits per heavy atom. The third-order valence-electron chi connectivity index (χ3n) is 2.23. The van der Waals surface area contributed by atoms with E-state index in [0.29, 0.717) is 0 Å². The average Bonchev–Trinajstić information content (AvgIpc) is 2.30. The zero-order valence-electron chi connectivity index (χ0n) is 8.60. The van der Waals surface area contributed by atoms with Gasteiger partial charge in [0.1, 0.15) is 0 Å². The van der Waals surface area contributed by atoms with Crippen molar-refractivity contribution in [3.8, 4) is 0 Å². The van der Waals surface area contributed by atoms with Crippen LogP contribution in [0.2, 0.25) is 5.02 Å². The first-order valence-corrected chi connectivity index (χ1v) is 5.79. The van der Waals surface area contributed by atoms with E-state index >= 15 is 0 Å². The lowest BCUT2D eigenvalue weighted by Crippen LogP contribution is -1.73. The molecule has 0 saturated carbocycles. The van der Waals surface area contributed by atoms with Gasteiger partial charge in [0.15, 0.2) is 0 Å². The van der Waals surface area contributed by atoms with Gasteiger partial charge in [0.05, 0.1) is 0 Å². The van der Waals surface area contributed by atoms with Crippen LogP contribution in [0.4, 0.5) is 0 Å². The third kappa shape index (κ3) is 3.16. The molecule has 0 aliphatic rings. The second-order valence-electron chi connectivity index (χ2n) is 3.48. The molecule has 0 amide bonds. The average molecular weight is 247 g/mol. The van der Waals surface area contributed by atoms with Gasteiger partial charge < -0.3 is 0 Å². The van der Waals surface area contributed by atoms with Gasteiger partial charge in [-0.25, -0.2) is 0 Å². The van der Waals surface area contributed by atoms with Gasteiger partial charge in [-0.3, -0.25) is 0 Å². The summed E-state index contributed by atoms with van der Waals surface area (Å²) in [7, 11) is 0. The molecular weight excluding hydrogens is 236 g/mol. The fourth-order valence-electron chi connectivity index (χ4n) is 1.35. The minimum Gasteiger partial charge on any atom is -0.143 e. The molecule has 0 atom stereocenters. The van der Waals surface area contributed by atoms with Crippen LogP contribution in [0, 0.1) is 0 Å². The Kier molecular flexibility index (Phi) is 3.70.